The molecule has 28 heavy (non-hydrogen) atoms. The normalized spacial score (nSPS) is 10.9. The minimum Gasteiger partial charge on any atom is -0.491 e. The highest BCUT2D eigenvalue weighted by molar-refractivity contribution is 7.16. The lowest BCUT2D eigenvalue weighted by Gasteiger charge is -2.11. The highest BCUT2D eigenvalue weighted by Gasteiger charge is 2.19. The summed E-state index contributed by atoms with van der Waals surface area (Å²) in [5.74, 6) is 0.0901. The number of rotatable bonds is 5. The summed E-state index contributed by atoms with van der Waals surface area (Å²) in [5, 5.41) is 13.2. The molecule has 0 spiro atoms. The number of thiophene rings is 1. The Labute approximate surface area is 166 Å². The molecule has 0 saturated carbocycles. The summed E-state index contributed by atoms with van der Waals surface area (Å²) in [4.78, 5) is 25.9. The van der Waals surface area contributed by atoms with Crippen molar-refractivity contribution in [3.8, 4) is 11.8 Å². The minimum atomic E-state index is -0.628. The van der Waals surface area contributed by atoms with E-state index in [4.69, 9.17) is 9.15 Å². The van der Waals surface area contributed by atoms with Gasteiger partial charge in [-0.15, -0.1) is 11.3 Å². The molecule has 0 atom stereocenters. The quantitative estimate of drug-likeness (QED) is 0.635. The van der Waals surface area contributed by atoms with Crippen LogP contribution in [0.3, 0.4) is 0 Å². The summed E-state index contributed by atoms with van der Waals surface area (Å²) in [6, 6.07) is 8.34. The highest BCUT2D eigenvalue weighted by atomic mass is 32.1. The van der Waals surface area contributed by atoms with Crippen molar-refractivity contribution in [3.05, 3.63) is 56.3 Å². The Morgan fingerprint density at radius 2 is 2.11 bits per heavy atom. The Morgan fingerprint density at radius 1 is 1.36 bits per heavy atom. The number of fused-ring (bicyclic) bond motifs is 1. The maximum Gasteiger partial charge on any atom is 0.337 e. The maximum atomic E-state index is 12.9. The standard InChI is InChI=1S/C21H20N2O4S/c1-5-14-12(4)28-21(17(14)10-22)23-20(25)16-9-19(24)27-18-8-13(26-11(2)3)6-7-15(16)18/h6-9,11H,5H2,1-4H3,(H,23,25). The van der Waals surface area contributed by atoms with Gasteiger partial charge in [0.25, 0.3) is 5.91 Å². The lowest BCUT2D eigenvalue weighted by Crippen LogP contribution is -2.15. The number of benzene rings is 1. The van der Waals surface area contributed by atoms with Gasteiger partial charge in [-0.25, -0.2) is 4.79 Å². The predicted molar refractivity (Wildman–Crippen MR) is 109 cm³/mol. The molecular formula is C21H20N2O4S. The van der Waals surface area contributed by atoms with Crippen LogP contribution in [0.2, 0.25) is 0 Å². The molecule has 0 aliphatic heterocycles. The van der Waals surface area contributed by atoms with Gasteiger partial charge < -0.3 is 14.5 Å². The largest absolute Gasteiger partial charge is 0.491 e. The SMILES string of the molecule is CCc1c(C)sc(NC(=O)c2cc(=O)oc3cc(OC(C)C)ccc23)c1C#N. The molecule has 7 heteroatoms. The van der Waals surface area contributed by atoms with E-state index in [1.54, 1.807) is 18.2 Å². The molecule has 1 amide bonds. The monoisotopic (exact) mass is 396 g/mol. The van der Waals surface area contributed by atoms with Crippen molar-refractivity contribution >= 4 is 33.2 Å². The van der Waals surface area contributed by atoms with Gasteiger partial charge in [-0.2, -0.15) is 5.26 Å². The van der Waals surface area contributed by atoms with Crippen LogP contribution < -0.4 is 15.7 Å². The first-order valence-electron chi connectivity index (χ1n) is 8.92. The van der Waals surface area contributed by atoms with Crippen molar-refractivity contribution in [1.29, 1.82) is 5.26 Å². The Kier molecular flexibility index (Phi) is 5.52. The first kappa shape index (κ1) is 19.6. The van der Waals surface area contributed by atoms with Crippen LogP contribution in [0.25, 0.3) is 11.0 Å². The number of nitrogens with one attached hydrogen (secondary N) is 1. The van der Waals surface area contributed by atoms with Gasteiger partial charge in [0, 0.05) is 22.4 Å². The molecule has 1 aromatic carbocycles. The van der Waals surface area contributed by atoms with Gasteiger partial charge in [-0.3, -0.25) is 4.79 Å². The second-order valence-electron chi connectivity index (χ2n) is 6.56. The van der Waals surface area contributed by atoms with Crippen LogP contribution in [0, 0.1) is 18.3 Å². The lowest BCUT2D eigenvalue weighted by atomic mass is 10.1. The molecule has 3 aromatic rings. The average Bonchev–Trinajstić information content (AvgIpc) is 2.94. The molecule has 2 aromatic heterocycles. The number of aryl methyl sites for hydroxylation is 1. The molecule has 2 heterocycles. The van der Waals surface area contributed by atoms with E-state index in [9.17, 15) is 14.9 Å². The predicted octanol–water partition coefficient (Wildman–Crippen LogP) is 4.64. The molecule has 0 fully saturated rings. The maximum absolute atomic E-state index is 12.9. The third-order valence-corrected chi connectivity index (χ3v) is 5.30. The summed E-state index contributed by atoms with van der Waals surface area (Å²) in [6.07, 6.45) is 0.673. The van der Waals surface area contributed by atoms with Crippen molar-refractivity contribution in [1.82, 2.24) is 0 Å². The van der Waals surface area contributed by atoms with Crippen molar-refractivity contribution in [2.24, 2.45) is 0 Å². The summed E-state index contributed by atoms with van der Waals surface area (Å²) in [7, 11) is 0. The molecule has 0 bridgehead atoms. The third kappa shape index (κ3) is 3.78. The number of nitriles is 1. The first-order valence-corrected chi connectivity index (χ1v) is 9.74. The molecule has 3 rings (SSSR count). The van der Waals surface area contributed by atoms with E-state index in [2.05, 4.69) is 11.4 Å². The lowest BCUT2D eigenvalue weighted by molar-refractivity contribution is 0.102. The fourth-order valence-corrected chi connectivity index (χ4v) is 4.15. The Balaban J connectivity index is 2.03. The second kappa shape index (κ2) is 7.87. The Morgan fingerprint density at radius 3 is 2.75 bits per heavy atom. The number of anilines is 1. The van der Waals surface area contributed by atoms with E-state index in [1.807, 2.05) is 27.7 Å². The molecule has 144 valence electrons. The molecule has 1 N–H and O–H groups in total. The summed E-state index contributed by atoms with van der Waals surface area (Å²) >= 11 is 1.36. The van der Waals surface area contributed by atoms with Crippen molar-refractivity contribution in [2.45, 2.75) is 40.2 Å². The number of amides is 1. The van der Waals surface area contributed by atoms with Crippen LogP contribution in [0.1, 0.15) is 47.1 Å². The summed E-state index contributed by atoms with van der Waals surface area (Å²) in [5.41, 5.74) is 1.23. The fourth-order valence-electron chi connectivity index (χ4n) is 3.06. The minimum absolute atomic E-state index is 0.0325. The summed E-state index contributed by atoms with van der Waals surface area (Å²) < 4.78 is 10.9. The van der Waals surface area contributed by atoms with Crippen LogP contribution in [-0.2, 0) is 6.42 Å². The summed E-state index contributed by atoms with van der Waals surface area (Å²) in [6.45, 7) is 7.67. The molecule has 0 aliphatic rings. The van der Waals surface area contributed by atoms with Crippen molar-refractivity contribution in [2.75, 3.05) is 5.32 Å². The van der Waals surface area contributed by atoms with Crippen molar-refractivity contribution in [3.63, 3.8) is 0 Å². The zero-order valence-electron chi connectivity index (χ0n) is 16.1. The molecule has 0 unspecified atom stereocenters. The van der Waals surface area contributed by atoms with E-state index in [0.29, 0.717) is 28.1 Å². The Bertz CT molecular complexity index is 1150. The molecule has 0 saturated heterocycles. The van der Waals surface area contributed by atoms with E-state index < -0.39 is 11.5 Å². The van der Waals surface area contributed by atoms with Crippen LogP contribution in [0.4, 0.5) is 5.00 Å². The molecule has 6 nitrogen and oxygen atoms in total. The topological polar surface area (TPSA) is 92.3 Å². The van der Waals surface area contributed by atoms with E-state index >= 15 is 0 Å². The highest BCUT2D eigenvalue weighted by Crippen LogP contribution is 2.33. The average molecular weight is 396 g/mol. The number of hydrogen-bond acceptors (Lipinski definition) is 6. The number of nitrogens with zero attached hydrogens (tertiary/aromatic N) is 1. The number of carbonyl (C=O) groups excluding carboxylic acids is 1. The van der Waals surface area contributed by atoms with Gasteiger partial charge in [0.15, 0.2) is 0 Å². The number of ether oxygens (including phenoxy) is 1. The fraction of sp³-hybridized carbons (Fsp3) is 0.286. The smallest absolute Gasteiger partial charge is 0.337 e. The Hall–Kier alpha value is -3.11. The van der Waals surface area contributed by atoms with E-state index in [0.717, 1.165) is 16.5 Å². The number of carbonyl (C=O) groups is 1. The third-order valence-electron chi connectivity index (χ3n) is 4.23. The van der Waals surface area contributed by atoms with Gasteiger partial charge >= 0.3 is 5.63 Å². The van der Waals surface area contributed by atoms with Gasteiger partial charge in [0.1, 0.15) is 22.4 Å². The van der Waals surface area contributed by atoms with Crippen LogP contribution in [0.5, 0.6) is 5.75 Å². The molecule has 0 aliphatic carbocycles. The van der Waals surface area contributed by atoms with E-state index in [-0.39, 0.29) is 17.3 Å². The first-order chi connectivity index (χ1) is 13.3. The van der Waals surface area contributed by atoms with Gasteiger partial charge in [0.05, 0.1) is 17.2 Å². The van der Waals surface area contributed by atoms with Crippen LogP contribution in [0.15, 0.2) is 33.5 Å². The van der Waals surface area contributed by atoms with Gasteiger partial charge in [0.2, 0.25) is 0 Å². The molecular weight excluding hydrogens is 376 g/mol. The van der Waals surface area contributed by atoms with Crippen LogP contribution >= 0.6 is 11.3 Å². The zero-order chi connectivity index (χ0) is 20.4. The molecule has 0 radical (unpaired) electrons. The van der Waals surface area contributed by atoms with Gasteiger partial charge in [-0.05, 0) is 44.9 Å². The van der Waals surface area contributed by atoms with Crippen LogP contribution in [-0.4, -0.2) is 12.0 Å². The zero-order valence-corrected chi connectivity index (χ0v) is 16.9. The van der Waals surface area contributed by atoms with Gasteiger partial charge in [-0.1, -0.05) is 6.92 Å². The van der Waals surface area contributed by atoms with Crippen molar-refractivity contribution < 1.29 is 13.9 Å². The van der Waals surface area contributed by atoms with E-state index in [1.165, 1.54) is 11.3 Å². The second-order valence-corrected chi connectivity index (χ2v) is 7.79. The number of hydrogen-bond donors (Lipinski definition) is 1.